The zero-order chi connectivity index (χ0) is 13.2. The smallest absolute Gasteiger partial charge is 0.259 e. The molecule has 0 heterocycles. The average molecular weight is 250 g/mol. The number of hydrogen-bond acceptors (Lipinski definition) is 2. The zero-order valence-corrected chi connectivity index (χ0v) is 8.88. The Bertz CT molecular complexity index is 437. The monoisotopic (exact) mass is 250 g/mol. The SMILES string of the molecule is CN(CC(F)F)C(=O)c1c(F)ccc(N)c1F. The molecule has 1 aromatic rings. The highest BCUT2D eigenvalue weighted by atomic mass is 19.3. The number of nitrogens with two attached hydrogens (primary N) is 1. The predicted octanol–water partition coefficient (Wildman–Crippen LogP) is 1.88. The lowest BCUT2D eigenvalue weighted by Gasteiger charge is -2.17. The molecule has 0 fully saturated rings. The molecule has 0 aliphatic carbocycles. The molecule has 0 saturated heterocycles. The van der Waals surface area contributed by atoms with E-state index in [9.17, 15) is 22.4 Å². The molecule has 0 aliphatic rings. The van der Waals surface area contributed by atoms with Crippen LogP contribution in [-0.2, 0) is 0 Å². The van der Waals surface area contributed by atoms with Crippen LogP contribution in [0.15, 0.2) is 12.1 Å². The first-order valence-electron chi connectivity index (χ1n) is 4.61. The van der Waals surface area contributed by atoms with Gasteiger partial charge in [-0.05, 0) is 12.1 Å². The van der Waals surface area contributed by atoms with Gasteiger partial charge in [0.1, 0.15) is 11.4 Å². The van der Waals surface area contributed by atoms with Crippen molar-refractivity contribution in [1.82, 2.24) is 4.90 Å². The molecule has 1 amide bonds. The summed E-state index contributed by atoms with van der Waals surface area (Å²) in [5, 5.41) is 0. The number of halogens is 4. The van der Waals surface area contributed by atoms with Crippen molar-refractivity contribution in [3.8, 4) is 0 Å². The summed E-state index contributed by atoms with van der Waals surface area (Å²) in [6, 6.07) is 1.76. The second-order valence-corrected chi connectivity index (χ2v) is 3.40. The van der Waals surface area contributed by atoms with Gasteiger partial charge in [0.05, 0.1) is 12.2 Å². The Kier molecular flexibility index (Phi) is 3.93. The number of carbonyl (C=O) groups is 1. The molecule has 3 nitrogen and oxygen atoms in total. The number of carbonyl (C=O) groups excluding carboxylic acids is 1. The molecule has 94 valence electrons. The molecule has 0 aromatic heterocycles. The molecular weight excluding hydrogens is 240 g/mol. The summed E-state index contributed by atoms with van der Waals surface area (Å²) in [6.45, 7) is -0.910. The van der Waals surface area contributed by atoms with Gasteiger partial charge in [-0.25, -0.2) is 17.6 Å². The quantitative estimate of drug-likeness (QED) is 0.657. The Labute approximate surface area is 94.8 Å². The highest BCUT2D eigenvalue weighted by Gasteiger charge is 2.24. The van der Waals surface area contributed by atoms with Gasteiger partial charge in [0, 0.05) is 7.05 Å². The maximum atomic E-state index is 13.4. The summed E-state index contributed by atoms with van der Waals surface area (Å²) < 4.78 is 50.7. The van der Waals surface area contributed by atoms with Crippen LogP contribution in [0.1, 0.15) is 10.4 Å². The fraction of sp³-hybridized carbons (Fsp3) is 0.300. The number of alkyl halides is 2. The second-order valence-electron chi connectivity index (χ2n) is 3.40. The van der Waals surface area contributed by atoms with Crippen LogP contribution in [0.3, 0.4) is 0 Å². The van der Waals surface area contributed by atoms with Gasteiger partial charge >= 0.3 is 0 Å². The van der Waals surface area contributed by atoms with Crippen LogP contribution in [-0.4, -0.2) is 30.8 Å². The Morgan fingerprint density at radius 1 is 1.41 bits per heavy atom. The number of benzene rings is 1. The van der Waals surface area contributed by atoms with E-state index in [2.05, 4.69) is 0 Å². The third kappa shape index (κ3) is 2.86. The molecule has 7 heteroatoms. The van der Waals surface area contributed by atoms with Gasteiger partial charge in [0.15, 0.2) is 5.82 Å². The summed E-state index contributed by atoms with van der Waals surface area (Å²) in [4.78, 5) is 12.1. The Hall–Kier alpha value is -1.79. The molecule has 0 bridgehead atoms. The van der Waals surface area contributed by atoms with E-state index in [0.717, 1.165) is 19.2 Å². The van der Waals surface area contributed by atoms with E-state index in [1.807, 2.05) is 0 Å². The van der Waals surface area contributed by atoms with E-state index >= 15 is 0 Å². The molecule has 1 rings (SSSR count). The van der Waals surface area contributed by atoms with Crippen LogP contribution in [0.2, 0.25) is 0 Å². The number of hydrogen-bond donors (Lipinski definition) is 1. The van der Waals surface area contributed by atoms with Crippen molar-refractivity contribution in [2.24, 2.45) is 0 Å². The fourth-order valence-corrected chi connectivity index (χ4v) is 1.25. The van der Waals surface area contributed by atoms with Crippen LogP contribution in [0.5, 0.6) is 0 Å². The van der Waals surface area contributed by atoms with Gasteiger partial charge in [0.25, 0.3) is 12.3 Å². The molecule has 0 radical (unpaired) electrons. The van der Waals surface area contributed by atoms with E-state index in [0.29, 0.717) is 4.90 Å². The zero-order valence-electron chi connectivity index (χ0n) is 8.88. The van der Waals surface area contributed by atoms with Crippen molar-refractivity contribution in [1.29, 1.82) is 0 Å². The summed E-state index contributed by atoms with van der Waals surface area (Å²) >= 11 is 0. The molecular formula is C10H10F4N2O. The molecule has 0 saturated carbocycles. The number of anilines is 1. The van der Waals surface area contributed by atoms with Crippen molar-refractivity contribution in [3.63, 3.8) is 0 Å². The third-order valence-corrected chi connectivity index (χ3v) is 2.09. The number of nitrogens with zero attached hydrogens (tertiary/aromatic N) is 1. The average Bonchev–Trinajstić information content (AvgIpc) is 2.23. The van der Waals surface area contributed by atoms with Gasteiger partial charge in [0.2, 0.25) is 0 Å². The summed E-state index contributed by atoms with van der Waals surface area (Å²) in [5.74, 6) is -3.55. The normalized spacial score (nSPS) is 10.7. The molecule has 0 spiro atoms. The van der Waals surface area contributed by atoms with E-state index in [1.54, 1.807) is 0 Å². The standard InChI is InChI=1S/C10H10F4N2O/c1-16(4-7(12)13)10(17)8-5(11)2-3-6(15)9(8)14/h2-3,7H,4,15H2,1H3. The minimum absolute atomic E-state index is 0.416. The van der Waals surface area contributed by atoms with E-state index in [-0.39, 0.29) is 0 Å². The van der Waals surface area contributed by atoms with Gasteiger partial charge in [-0.15, -0.1) is 0 Å². The van der Waals surface area contributed by atoms with Crippen LogP contribution in [0.4, 0.5) is 23.2 Å². The molecule has 0 unspecified atom stereocenters. The fourth-order valence-electron chi connectivity index (χ4n) is 1.25. The highest BCUT2D eigenvalue weighted by Crippen LogP contribution is 2.20. The topological polar surface area (TPSA) is 46.3 Å². The molecule has 0 atom stereocenters. The van der Waals surface area contributed by atoms with Crippen molar-refractivity contribution >= 4 is 11.6 Å². The third-order valence-electron chi connectivity index (χ3n) is 2.09. The largest absolute Gasteiger partial charge is 0.396 e. The first-order chi connectivity index (χ1) is 7.84. The van der Waals surface area contributed by atoms with Crippen LogP contribution in [0.25, 0.3) is 0 Å². The Balaban J connectivity index is 3.08. The Morgan fingerprint density at radius 2 is 2.00 bits per heavy atom. The van der Waals surface area contributed by atoms with Gasteiger partial charge in [-0.1, -0.05) is 0 Å². The van der Waals surface area contributed by atoms with E-state index in [1.165, 1.54) is 0 Å². The summed E-state index contributed by atoms with van der Waals surface area (Å²) in [7, 11) is 1.02. The predicted molar refractivity (Wildman–Crippen MR) is 53.7 cm³/mol. The van der Waals surface area contributed by atoms with Crippen molar-refractivity contribution in [3.05, 3.63) is 29.3 Å². The number of amides is 1. The van der Waals surface area contributed by atoms with E-state index < -0.39 is 41.8 Å². The van der Waals surface area contributed by atoms with Crippen LogP contribution >= 0.6 is 0 Å². The number of nitrogen functional groups attached to an aromatic ring is 1. The maximum Gasteiger partial charge on any atom is 0.259 e. The lowest BCUT2D eigenvalue weighted by atomic mass is 10.1. The lowest BCUT2D eigenvalue weighted by Crippen LogP contribution is -2.32. The van der Waals surface area contributed by atoms with Crippen molar-refractivity contribution in [2.45, 2.75) is 6.43 Å². The minimum Gasteiger partial charge on any atom is -0.396 e. The van der Waals surface area contributed by atoms with E-state index in [4.69, 9.17) is 5.73 Å². The molecule has 0 aliphatic heterocycles. The van der Waals surface area contributed by atoms with Crippen LogP contribution < -0.4 is 5.73 Å². The summed E-state index contributed by atoms with van der Waals surface area (Å²) in [6.07, 6.45) is -2.78. The lowest BCUT2D eigenvalue weighted by molar-refractivity contribution is 0.0612. The minimum atomic E-state index is -2.78. The first-order valence-corrected chi connectivity index (χ1v) is 4.61. The van der Waals surface area contributed by atoms with Gasteiger partial charge in [-0.3, -0.25) is 4.79 Å². The van der Waals surface area contributed by atoms with Gasteiger partial charge < -0.3 is 10.6 Å². The van der Waals surface area contributed by atoms with Crippen molar-refractivity contribution < 1.29 is 22.4 Å². The Morgan fingerprint density at radius 3 is 2.53 bits per heavy atom. The summed E-state index contributed by atoms with van der Waals surface area (Å²) in [5.41, 5.74) is 3.83. The maximum absolute atomic E-state index is 13.4. The first kappa shape index (κ1) is 13.3. The van der Waals surface area contributed by atoms with Crippen LogP contribution in [0, 0.1) is 11.6 Å². The highest BCUT2D eigenvalue weighted by molar-refractivity contribution is 5.95. The van der Waals surface area contributed by atoms with Crippen molar-refractivity contribution in [2.75, 3.05) is 19.3 Å². The van der Waals surface area contributed by atoms with Gasteiger partial charge in [-0.2, -0.15) is 0 Å². The molecule has 2 N–H and O–H groups in total. The number of rotatable bonds is 3. The molecule has 17 heavy (non-hydrogen) atoms. The second kappa shape index (κ2) is 5.03. The molecule has 1 aromatic carbocycles.